The molecule has 1 aliphatic heterocycles. The molecule has 0 bridgehead atoms. The highest BCUT2D eigenvalue weighted by Crippen LogP contribution is 2.31. The summed E-state index contributed by atoms with van der Waals surface area (Å²) in [4.78, 5) is 29.6. The fraction of sp³-hybridized carbons (Fsp3) is 0.450. The maximum absolute atomic E-state index is 12.4. The molecule has 1 amide bonds. The molecule has 0 spiro atoms. The van der Waals surface area contributed by atoms with Crippen molar-refractivity contribution in [1.82, 2.24) is 9.88 Å². The number of aliphatic carboxylic acids is 1. The number of aromatic nitrogens is 1. The molecule has 0 aliphatic carbocycles. The number of carbonyl (C=O) groups excluding carboxylic acids is 1. The summed E-state index contributed by atoms with van der Waals surface area (Å²) in [6, 6.07) is 6.17. The van der Waals surface area contributed by atoms with Crippen LogP contribution in [-0.2, 0) is 9.53 Å². The number of methoxy groups -OCH3 is 1. The zero-order valence-corrected chi connectivity index (χ0v) is 16.3. The summed E-state index contributed by atoms with van der Waals surface area (Å²) in [5.41, 5.74) is -0.00646. The number of carbonyl (C=O) groups is 2. The number of carboxylic acids is 1. The molecule has 0 saturated carbocycles. The Labute approximate surface area is 163 Å². The molecule has 2 unspecified atom stereocenters. The summed E-state index contributed by atoms with van der Waals surface area (Å²) in [5.74, 6) is 0.175. The first kappa shape index (κ1) is 19.7. The first-order valence-electron chi connectivity index (χ1n) is 9.00. The van der Waals surface area contributed by atoms with Gasteiger partial charge < -0.3 is 19.3 Å². The zero-order valence-electron chi connectivity index (χ0n) is 16.3. The van der Waals surface area contributed by atoms with Crippen molar-refractivity contribution < 1.29 is 28.9 Å². The van der Waals surface area contributed by atoms with Crippen molar-refractivity contribution in [2.45, 2.75) is 44.9 Å². The Bertz CT molecular complexity index is 892. The van der Waals surface area contributed by atoms with Gasteiger partial charge in [-0.3, -0.25) is 9.88 Å². The van der Waals surface area contributed by atoms with Crippen LogP contribution in [-0.4, -0.2) is 58.5 Å². The second kappa shape index (κ2) is 7.53. The third-order valence-corrected chi connectivity index (χ3v) is 4.38. The molecule has 1 fully saturated rings. The number of rotatable bonds is 4. The lowest BCUT2D eigenvalue weighted by Crippen LogP contribution is -2.43. The van der Waals surface area contributed by atoms with Gasteiger partial charge in [0.15, 0.2) is 0 Å². The molecule has 1 aromatic heterocycles. The molecule has 2 atom stereocenters. The van der Waals surface area contributed by atoms with E-state index in [1.165, 1.54) is 4.90 Å². The van der Waals surface area contributed by atoms with E-state index in [4.69, 9.17) is 14.2 Å². The topological polar surface area (TPSA) is 98.2 Å². The number of hydrogen-bond acceptors (Lipinski definition) is 6. The third kappa shape index (κ3) is 4.27. The van der Waals surface area contributed by atoms with Crippen LogP contribution < -0.4 is 9.47 Å². The van der Waals surface area contributed by atoms with Crippen molar-refractivity contribution >= 4 is 23.0 Å². The first-order chi connectivity index (χ1) is 13.2. The van der Waals surface area contributed by atoms with Crippen LogP contribution in [0.5, 0.6) is 11.5 Å². The maximum atomic E-state index is 12.4. The molecule has 150 valence electrons. The van der Waals surface area contributed by atoms with Gasteiger partial charge in [0, 0.05) is 24.1 Å². The van der Waals surface area contributed by atoms with Gasteiger partial charge in [-0.2, -0.15) is 0 Å². The second-order valence-corrected chi connectivity index (χ2v) is 7.65. The minimum Gasteiger partial charge on any atom is -0.497 e. The SMILES string of the molecule is COc1ccc2c(OC3CC(C(=O)O)N(C(=O)OC(C)(C)C)C3)ccnc2c1. The van der Waals surface area contributed by atoms with Gasteiger partial charge in [-0.15, -0.1) is 0 Å². The van der Waals surface area contributed by atoms with E-state index in [1.54, 1.807) is 52.3 Å². The van der Waals surface area contributed by atoms with Crippen molar-refractivity contribution in [2.75, 3.05) is 13.7 Å². The van der Waals surface area contributed by atoms with Gasteiger partial charge in [0.2, 0.25) is 0 Å². The predicted octanol–water partition coefficient (Wildman–Crippen LogP) is 3.08. The number of benzene rings is 1. The molecule has 3 rings (SSSR count). The number of carboxylic acid groups (broad SMARTS) is 1. The van der Waals surface area contributed by atoms with Gasteiger partial charge in [-0.25, -0.2) is 9.59 Å². The minimum atomic E-state index is -1.08. The number of nitrogens with zero attached hydrogens (tertiary/aromatic N) is 2. The zero-order chi connectivity index (χ0) is 20.5. The molecule has 1 saturated heterocycles. The Balaban J connectivity index is 1.81. The van der Waals surface area contributed by atoms with Crippen molar-refractivity contribution in [2.24, 2.45) is 0 Å². The van der Waals surface area contributed by atoms with Crippen molar-refractivity contribution in [1.29, 1.82) is 0 Å². The Morgan fingerprint density at radius 3 is 2.64 bits per heavy atom. The van der Waals surface area contributed by atoms with Gasteiger partial charge in [0.25, 0.3) is 0 Å². The lowest BCUT2D eigenvalue weighted by molar-refractivity contribution is -0.142. The summed E-state index contributed by atoms with van der Waals surface area (Å²) in [7, 11) is 1.58. The quantitative estimate of drug-likeness (QED) is 0.859. The Kier molecular flexibility index (Phi) is 5.31. The van der Waals surface area contributed by atoms with Crippen LogP contribution in [0, 0.1) is 0 Å². The summed E-state index contributed by atoms with van der Waals surface area (Å²) < 4.78 is 16.6. The maximum Gasteiger partial charge on any atom is 0.411 e. The summed E-state index contributed by atoms with van der Waals surface area (Å²) >= 11 is 0. The van der Waals surface area contributed by atoms with E-state index in [-0.39, 0.29) is 13.0 Å². The van der Waals surface area contributed by atoms with Gasteiger partial charge >= 0.3 is 12.1 Å². The lowest BCUT2D eigenvalue weighted by Gasteiger charge is -2.26. The average Bonchev–Trinajstić information content (AvgIpc) is 3.04. The van der Waals surface area contributed by atoms with E-state index in [1.807, 2.05) is 6.07 Å². The average molecular weight is 388 g/mol. The van der Waals surface area contributed by atoms with Gasteiger partial charge in [-0.05, 0) is 39.0 Å². The summed E-state index contributed by atoms with van der Waals surface area (Å²) in [6.45, 7) is 5.35. The van der Waals surface area contributed by atoms with E-state index in [0.29, 0.717) is 17.0 Å². The van der Waals surface area contributed by atoms with E-state index >= 15 is 0 Å². The van der Waals surface area contributed by atoms with Gasteiger partial charge in [0.1, 0.15) is 29.2 Å². The highest BCUT2D eigenvalue weighted by atomic mass is 16.6. The van der Waals surface area contributed by atoms with Crippen molar-refractivity contribution in [3.05, 3.63) is 30.5 Å². The summed E-state index contributed by atoms with van der Waals surface area (Å²) in [6.07, 6.45) is 0.664. The minimum absolute atomic E-state index is 0.131. The molecule has 2 heterocycles. The molecular weight excluding hydrogens is 364 g/mol. The normalized spacial score (nSPS) is 19.5. The molecule has 8 nitrogen and oxygen atoms in total. The molecule has 8 heteroatoms. The Morgan fingerprint density at radius 1 is 1.25 bits per heavy atom. The Morgan fingerprint density at radius 2 is 2.00 bits per heavy atom. The van der Waals surface area contributed by atoms with E-state index in [2.05, 4.69) is 4.98 Å². The van der Waals surface area contributed by atoms with Crippen molar-refractivity contribution in [3.63, 3.8) is 0 Å². The van der Waals surface area contributed by atoms with Crippen LogP contribution in [0.25, 0.3) is 10.9 Å². The number of ether oxygens (including phenoxy) is 3. The van der Waals surface area contributed by atoms with Crippen LogP contribution >= 0.6 is 0 Å². The molecule has 1 aromatic carbocycles. The molecule has 1 aliphatic rings. The number of hydrogen-bond donors (Lipinski definition) is 1. The predicted molar refractivity (Wildman–Crippen MR) is 102 cm³/mol. The van der Waals surface area contributed by atoms with Gasteiger partial charge in [-0.1, -0.05) is 0 Å². The first-order valence-corrected chi connectivity index (χ1v) is 9.00. The molecular formula is C20H24N2O6. The second-order valence-electron chi connectivity index (χ2n) is 7.65. The molecule has 0 radical (unpaired) electrons. The summed E-state index contributed by atoms with van der Waals surface area (Å²) in [5, 5.41) is 10.3. The smallest absolute Gasteiger partial charge is 0.411 e. The van der Waals surface area contributed by atoms with E-state index in [9.17, 15) is 14.7 Å². The van der Waals surface area contributed by atoms with Crippen LogP contribution in [0.1, 0.15) is 27.2 Å². The highest BCUT2D eigenvalue weighted by molar-refractivity contribution is 5.86. The fourth-order valence-corrected chi connectivity index (χ4v) is 3.15. The standard InChI is InChI=1S/C20H24N2O6/c1-20(2,3)28-19(25)22-11-13(10-16(22)18(23)24)27-17-7-8-21-15-9-12(26-4)5-6-14(15)17/h5-9,13,16H,10-11H2,1-4H3,(H,23,24). The van der Waals surface area contributed by atoms with Gasteiger partial charge in [0.05, 0.1) is 19.2 Å². The number of pyridine rings is 1. The third-order valence-electron chi connectivity index (χ3n) is 4.38. The molecule has 1 N–H and O–H groups in total. The largest absolute Gasteiger partial charge is 0.497 e. The molecule has 28 heavy (non-hydrogen) atoms. The van der Waals surface area contributed by atoms with Crippen LogP contribution in [0.4, 0.5) is 4.79 Å². The monoisotopic (exact) mass is 388 g/mol. The fourth-order valence-electron chi connectivity index (χ4n) is 3.15. The highest BCUT2D eigenvalue weighted by Gasteiger charge is 2.42. The number of likely N-dealkylation sites (tertiary alicyclic amines) is 1. The number of amides is 1. The Hall–Kier alpha value is -3.03. The van der Waals surface area contributed by atoms with Crippen LogP contribution in [0.3, 0.4) is 0 Å². The van der Waals surface area contributed by atoms with E-state index < -0.39 is 29.8 Å². The van der Waals surface area contributed by atoms with E-state index in [0.717, 1.165) is 5.39 Å². The van der Waals surface area contributed by atoms with Crippen LogP contribution in [0.15, 0.2) is 30.5 Å². The van der Waals surface area contributed by atoms with Crippen molar-refractivity contribution in [3.8, 4) is 11.5 Å². The van der Waals surface area contributed by atoms with Crippen LogP contribution in [0.2, 0.25) is 0 Å². The lowest BCUT2D eigenvalue weighted by atomic mass is 10.1. The molecule has 2 aromatic rings. The number of fused-ring (bicyclic) bond motifs is 1.